The summed E-state index contributed by atoms with van der Waals surface area (Å²) in [5, 5.41) is 14.4. The Labute approximate surface area is 311 Å². The van der Waals surface area contributed by atoms with Gasteiger partial charge in [0.05, 0.1) is 23.9 Å². The molecule has 7 atom stereocenters. The molecule has 0 aromatic heterocycles. The number of carbonyl (C=O) groups is 3. The molecule has 1 spiro atoms. The highest BCUT2D eigenvalue weighted by Gasteiger charge is 2.57. The number of rotatable bonds is 9. The van der Waals surface area contributed by atoms with Gasteiger partial charge in [0.2, 0.25) is 11.8 Å². The third-order valence-corrected chi connectivity index (χ3v) is 12.7. The van der Waals surface area contributed by atoms with Crippen LogP contribution in [0.15, 0.2) is 65.8 Å². The van der Waals surface area contributed by atoms with Crippen molar-refractivity contribution in [1.82, 2.24) is 10.6 Å². The van der Waals surface area contributed by atoms with Crippen LogP contribution in [0.2, 0.25) is 0 Å². The lowest BCUT2D eigenvalue weighted by Gasteiger charge is -2.53. The molecule has 6 aliphatic rings. The van der Waals surface area contributed by atoms with Gasteiger partial charge in [-0.15, -0.1) is 0 Å². The number of carbonyl (C=O) groups excluding carboxylic acids is 3. The zero-order valence-electron chi connectivity index (χ0n) is 31.0. The van der Waals surface area contributed by atoms with Crippen molar-refractivity contribution in [3.8, 4) is 0 Å². The minimum Gasteiger partial charge on any atom is -0.456 e. The van der Waals surface area contributed by atoms with Crippen LogP contribution in [0.5, 0.6) is 0 Å². The Morgan fingerprint density at radius 1 is 0.962 bits per heavy atom. The van der Waals surface area contributed by atoms with E-state index in [9.17, 15) is 14.4 Å². The highest BCUT2D eigenvalue weighted by atomic mass is 16.8. The molecule has 2 saturated carbocycles. The molecule has 2 aromatic carbocycles. The lowest BCUT2D eigenvalue weighted by molar-refractivity contribution is -0.172. The van der Waals surface area contributed by atoms with Gasteiger partial charge < -0.3 is 34.7 Å². The fraction of sp³-hybridized carbons (Fsp3) is 0.558. The van der Waals surface area contributed by atoms with Crippen molar-refractivity contribution in [2.75, 3.05) is 19.7 Å². The summed E-state index contributed by atoms with van der Waals surface area (Å²) in [6, 6.07) is 15.8. The smallest absolute Gasteiger partial charge is 0.338 e. The summed E-state index contributed by atoms with van der Waals surface area (Å²) in [5.74, 6) is -0.838. The summed E-state index contributed by atoms with van der Waals surface area (Å²) in [6.45, 7) is 7.17. The van der Waals surface area contributed by atoms with Crippen molar-refractivity contribution in [2.45, 2.75) is 114 Å². The molecule has 53 heavy (non-hydrogen) atoms. The quantitative estimate of drug-likeness (QED) is 0.237. The normalized spacial score (nSPS) is 32.4. The van der Waals surface area contributed by atoms with Crippen LogP contribution >= 0.6 is 0 Å². The number of amides is 2. The Morgan fingerprint density at radius 2 is 1.75 bits per heavy atom. The summed E-state index contributed by atoms with van der Waals surface area (Å²) >= 11 is 0. The molecule has 2 aromatic rings. The zero-order valence-corrected chi connectivity index (χ0v) is 31.0. The van der Waals surface area contributed by atoms with Crippen molar-refractivity contribution >= 4 is 23.9 Å². The minimum absolute atomic E-state index is 0.0236. The average molecular weight is 725 g/mol. The molecule has 1 unspecified atom stereocenters. The highest BCUT2D eigenvalue weighted by Crippen LogP contribution is 2.59. The molecule has 0 bridgehead atoms. The van der Waals surface area contributed by atoms with Gasteiger partial charge in [-0.25, -0.2) is 4.79 Å². The van der Waals surface area contributed by atoms with E-state index in [0.29, 0.717) is 47.3 Å². The lowest BCUT2D eigenvalue weighted by Crippen LogP contribution is -2.45. The molecule has 2 heterocycles. The van der Waals surface area contributed by atoms with Crippen molar-refractivity contribution in [2.24, 2.45) is 17.3 Å². The van der Waals surface area contributed by atoms with Crippen LogP contribution in [0.3, 0.4) is 0 Å². The van der Waals surface area contributed by atoms with Gasteiger partial charge in [-0.05, 0) is 91.2 Å². The van der Waals surface area contributed by atoms with E-state index in [0.717, 1.165) is 36.0 Å². The first kappa shape index (κ1) is 36.2. The van der Waals surface area contributed by atoms with Crippen molar-refractivity contribution in [1.29, 1.82) is 0 Å². The molecule has 2 aliphatic heterocycles. The molecular formula is C43H52N2O8. The largest absolute Gasteiger partial charge is 0.456 e. The maximum Gasteiger partial charge on any atom is 0.338 e. The van der Waals surface area contributed by atoms with Crippen LogP contribution in [-0.2, 0) is 41.4 Å². The van der Waals surface area contributed by atoms with Gasteiger partial charge in [0.15, 0.2) is 5.79 Å². The second kappa shape index (κ2) is 14.1. The lowest BCUT2D eigenvalue weighted by atomic mass is 9.52. The number of epoxide rings is 1. The molecule has 4 fully saturated rings. The Morgan fingerprint density at radius 3 is 2.51 bits per heavy atom. The van der Waals surface area contributed by atoms with E-state index in [1.165, 1.54) is 18.4 Å². The van der Waals surface area contributed by atoms with Crippen molar-refractivity contribution in [3.05, 3.63) is 88.0 Å². The number of benzene rings is 2. The Bertz CT molecular complexity index is 1810. The maximum atomic E-state index is 14.0. The summed E-state index contributed by atoms with van der Waals surface area (Å²) in [4.78, 5) is 39.4. The first-order valence-electron chi connectivity index (χ1n) is 19.4. The molecular weight excluding hydrogens is 672 g/mol. The first-order valence-corrected chi connectivity index (χ1v) is 19.4. The zero-order chi connectivity index (χ0) is 37.0. The van der Waals surface area contributed by atoms with Crippen LogP contribution in [0.4, 0.5) is 0 Å². The Kier molecular flexibility index (Phi) is 9.62. The molecule has 2 saturated heterocycles. The second-order valence-corrected chi connectivity index (χ2v) is 16.9. The molecule has 8 rings (SSSR count). The number of esters is 1. The Balaban J connectivity index is 0.994. The van der Waals surface area contributed by atoms with E-state index < -0.39 is 30.1 Å². The number of hydrogen-bond donors (Lipinski definition) is 3. The monoisotopic (exact) mass is 724 g/mol. The van der Waals surface area contributed by atoms with E-state index in [1.807, 2.05) is 30.3 Å². The number of allylic oxidation sites excluding steroid dienone is 1. The molecule has 10 heteroatoms. The third kappa shape index (κ3) is 7.35. The third-order valence-electron chi connectivity index (χ3n) is 12.7. The van der Waals surface area contributed by atoms with Gasteiger partial charge >= 0.3 is 5.97 Å². The van der Waals surface area contributed by atoms with Crippen LogP contribution in [0, 0.1) is 17.3 Å². The van der Waals surface area contributed by atoms with Gasteiger partial charge in [0.1, 0.15) is 18.3 Å². The van der Waals surface area contributed by atoms with E-state index >= 15 is 0 Å². The number of aliphatic hydroxyl groups excluding tert-OH is 1. The van der Waals surface area contributed by atoms with Crippen molar-refractivity contribution < 1.29 is 38.4 Å². The van der Waals surface area contributed by atoms with Gasteiger partial charge in [-0.2, -0.15) is 0 Å². The van der Waals surface area contributed by atoms with Gasteiger partial charge in [0, 0.05) is 44.3 Å². The maximum absolute atomic E-state index is 14.0. The number of ether oxygens (including phenoxy) is 4. The van der Waals surface area contributed by atoms with E-state index in [1.54, 1.807) is 12.1 Å². The second-order valence-electron chi connectivity index (χ2n) is 16.9. The van der Waals surface area contributed by atoms with E-state index in [2.05, 4.69) is 49.6 Å². The highest BCUT2D eigenvalue weighted by molar-refractivity contribution is 5.94. The molecule has 2 amide bonds. The van der Waals surface area contributed by atoms with Crippen LogP contribution in [0.1, 0.15) is 92.8 Å². The van der Waals surface area contributed by atoms with Gasteiger partial charge in [-0.1, -0.05) is 61.9 Å². The summed E-state index contributed by atoms with van der Waals surface area (Å²) in [6.07, 6.45) is 9.26. The van der Waals surface area contributed by atoms with Gasteiger partial charge in [-0.3, -0.25) is 9.59 Å². The fourth-order valence-electron chi connectivity index (χ4n) is 9.73. The SMILES string of the molecule is CC1(C)C[C@@H]2C(=Cc3cccc(C(=O)O[C@@H]4CC(C(=O)NCCC(=O)NCCO)=C[C@H]5OC6(Cc7ccccc7C6)O[C@H]54)c3)CCC3O[C@]3(C)CC[C@H]21. The number of hydrogen-bond acceptors (Lipinski definition) is 8. The number of nitrogens with one attached hydrogen (secondary N) is 2. The topological polar surface area (TPSA) is 136 Å². The summed E-state index contributed by atoms with van der Waals surface area (Å²) in [5.41, 5.74) is 5.93. The van der Waals surface area contributed by atoms with E-state index in [4.69, 9.17) is 24.1 Å². The number of fused-ring (bicyclic) bond motifs is 4. The molecule has 4 aliphatic carbocycles. The predicted octanol–water partition coefficient (Wildman–Crippen LogP) is 5.21. The predicted molar refractivity (Wildman–Crippen MR) is 197 cm³/mol. The molecule has 3 N–H and O–H groups in total. The fourth-order valence-corrected chi connectivity index (χ4v) is 9.73. The minimum atomic E-state index is -0.906. The molecule has 282 valence electrons. The first-order chi connectivity index (χ1) is 25.4. The Hall–Kier alpha value is -3.83. The van der Waals surface area contributed by atoms with Crippen LogP contribution in [0.25, 0.3) is 6.08 Å². The number of aliphatic hydroxyl groups is 1. The molecule has 0 radical (unpaired) electrons. The molecule has 10 nitrogen and oxygen atoms in total. The van der Waals surface area contributed by atoms with Crippen LogP contribution in [-0.4, -0.2) is 78.4 Å². The average Bonchev–Trinajstić information content (AvgIpc) is 3.42. The van der Waals surface area contributed by atoms with Crippen molar-refractivity contribution in [3.63, 3.8) is 0 Å². The standard InChI is InChI=1S/C43H52N2O8/c1-41(2)25-32-27(11-12-36-42(3,52-36)15-13-33(32)41)19-26-7-6-10-28(20-26)40(49)50-34-21-31(39(48)45-16-14-37(47)44-17-18-46)22-35-38(34)53-43(51-35)23-29-8-4-5-9-30(29)24-43/h4-10,19-20,22,32-36,38,46H,11-18,21,23-25H2,1-3H3,(H,44,47)(H,45,48)/t32-,33-,34-,35-,36?,38+,42-/m1/s1. The summed E-state index contributed by atoms with van der Waals surface area (Å²) in [7, 11) is 0. The van der Waals surface area contributed by atoms with Crippen LogP contribution < -0.4 is 10.6 Å². The van der Waals surface area contributed by atoms with E-state index in [-0.39, 0.29) is 50.0 Å². The van der Waals surface area contributed by atoms with Gasteiger partial charge in [0.25, 0.3) is 0 Å². The summed E-state index contributed by atoms with van der Waals surface area (Å²) < 4.78 is 25.7.